The normalized spacial score (nSPS) is 15.3. The molecule has 7 nitrogen and oxygen atoms in total. The highest BCUT2D eigenvalue weighted by molar-refractivity contribution is 5.92. The van der Waals surface area contributed by atoms with E-state index in [9.17, 15) is 4.79 Å². The first-order valence-electron chi connectivity index (χ1n) is 6.81. The number of rotatable bonds is 2. The van der Waals surface area contributed by atoms with Crippen molar-refractivity contribution in [2.24, 2.45) is 0 Å². The highest BCUT2D eigenvalue weighted by Crippen LogP contribution is 2.21. The first-order valence-corrected chi connectivity index (χ1v) is 6.81. The van der Waals surface area contributed by atoms with Crippen LogP contribution < -0.4 is 10.6 Å². The van der Waals surface area contributed by atoms with Gasteiger partial charge >= 0.3 is 0 Å². The molecule has 0 bridgehead atoms. The van der Waals surface area contributed by atoms with Gasteiger partial charge in [0.25, 0.3) is 5.91 Å². The van der Waals surface area contributed by atoms with Crippen molar-refractivity contribution in [1.82, 2.24) is 14.9 Å². The maximum atomic E-state index is 12.3. The molecule has 0 saturated carbocycles. The number of piperazine rings is 1. The van der Waals surface area contributed by atoms with Gasteiger partial charge in [0, 0.05) is 32.4 Å². The number of amides is 1. The number of aromatic nitrogens is 2. The molecule has 0 unspecified atom stereocenters. The van der Waals surface area contributed by atoms with Crippen LogP contribution in [0.1, 0.15) is 16.2 Å². The molecule has 1 aliphatic heterocycles. The number of nitrogen functional groups attached to an aromatic ring is 1. The molecule has 0 radical (unpaired) electrons. The van der Waals surface area contributed by atoms with E-state index in [-0.39, 0.29) is 5.91 Å². The number of nitrogens with two attached hydrogens (primary N) is 1. The van der Waals surface area contributed by atoms with Crippen LogP contribution in [0.15, 0.2) is 29.1 Å². The maximum Gasteiger partial charge on any atom is 0.291 e. The Balaban J connectivity index is 1.67. The van der Waals surface area contributed by atoms with Crippen molar-refractivity contribution in [2.75, 3.05) is 36.8 Å². The Labute approximate surface area is 122 Å². The number of oxazole rings is 1. The first-order chi connectivity index (χ1) is 10.2. The average Bonchev–Trinajstić information content (AvgIpc) is 2.93. The van der Waals surface area contributed by atoms with Crippen LogP contribution in [0.5, 0.6) is 0 Å². The molecular weight excluding hydrogens is 270 g/mol. The topological polar surface area (TPSA) is 88.5 Å². The summed E-state index contributed by atoms with van der Waals surface area (Å²) >= 11 is 0. The second-order valence-electron chi connectivity index (χ2n) is 4.96. The molecule has 3 heterocycles. The lowest BCUT2D eigenvalue weighted by molar-refractivity contribution is 0.0713. The van der Waals surface area contributed by atoms with Crippen molar-refractivity contribution in [1.29, 1.82) is 0 Å². The third kappa shape index (κ3) is 2.54. The van der Waals surface area contributed by atoms with Gasteiger partial charge in [0.05, 0.1) is 11.4 Å². The summed E-state index contributed by atoms with van der Waals surface area (Å²) in [5, 5.41) is 0. The number of aryl methyl sites for hydroxylation is 1. The van der Waals surface area contributed by atoms with E-state index < -0.39 is 0 Å². The Kier molecular flexibility index (Phi) is 3.47. The highest BCUT2D eigenvalue weighted by atomic mass is 16.3. The van der Waals surface area contributed by atoms with E-state index in [1.807, 2.05) is 12.1 Å². The van der Waals surface area contributed by atoms with Gasteiger partial charge in [0.15, 0.2) is 12.2 Å². The lowest BCUT2D eigenvalue weighted by atomic mass is 10.2. The third-order valence-corrected chi connectivity index (χ3v) is 3.62. The highest BCUT2D eigenvalue weighted by Gasteiger charge is 2.26. The predicted octanol–water partition coefficient (Wildman–Crippen LogP) is 0.923. The molecule has 1 fully saturated rings. The van der Waals surface area contributed by atoms with Gasteiger partial charge in [-0.2, -0.15) is 0 Å². The van der Waals surface area contributed by atoms with Crippen molar-refractivity contribution in [3.63, 3.8) is 0 Å². The monoisotopic (exact) mass is 287 g/mol. The fourth-order valence-electron chi connectivity index (χ4n) is 2.45. The van der Waals surface area contributed by atoms with Gasteiger partial charge in [0.1, 0.15) is 0 Å². The van der Waals surface area contributed by atoms with E-state index in [0.717, 1.165) is 5.82 Å². The summed E-state index contributed by atoms with van der Waals surface area (Å²) in [6, 6.07) is 3.64. The summed E-state index contributed by atoms with van der Waals surface area (Å²) in [5.74, 6) is 0.986. The van der Waals surface area contributed by atoms with Crippen molar-refractivity contribution in [3.05, 3.63) is 36.2 Å². The Morgan fingerprint density at radius 2 is 2.05 bits per heavy atom. The van der Waals surface area contributed by atoms with Gasteiger partial charge in [-0.15, -0.1) is 0 Å². The molecule has 1 amide bonds. The summed E-state index contributed by atoms with van der Waals surface area (Å²) < 4.78 is 5.16. The molecule has 110 valence electrons. The third-order valence-electron chi connectivity index (χ3n) is 3.62. The number of hydrogen-bond donors (Lipinski definition) is 1. The van der Waals surface area contributed by atoms with Gasteiger partial charge < -0.3 is 20.0 Å². The summed E-state index contributed by atoms with van der Waals surface area (Å²) in [7, 11) is 0. The Morgan fingerprint density at radius 3 is 2.67 bits per heavy atom. The molecule has 7 heteroatoms. The summed E-state index contributed by atoms with van der Waals surface area (Å²) in [6.45, 7) is 4.37. The number of pyridine rings is 1. The number of carbonyl (C=O) groups is 1. The van der Waals surface area contributed by atoms with Gasteiger partial charge in [-0.3, -0.25) is 4.79 Å². The van der Waals surface area contributed by atoms with E-state index in [1.54, 1.807) is 18.0 Å². The molecule has 0 atom stereocenters. The lowest BCUT2D eigenvalue weighted by Gasteiger charge is -2.35. The number of anilines is 2. The van der Waals surface area contributed by atoms with Crippen LogP contribution in [0.3, 0.4) is 0 Å². The Morgan fingerprint density at radius 1 is 1.29 bits per heavy atom. The minimum absolute atomic E-state index is 0.112. The van der Waals surface area contributed by atoms with Crippen LogP contribution in [0, 0.1) is 6.92 Å². The van der Waals surface area contributed by atoms with Gasteiger partial charge in [0.2, 0.25) is 5.76 Å². The smallest absolute Gasteiger partial charge is 0.291 e. The van der Waals surface area contributed by atoms with Crippen molar-refractivity contribution < 1.29 is 9.21 Å². The quantitative estimate of drug-likeness (QED) is 0.883. The lowest BCUT2D eigenvalue weighted by Crippen LogP contribution is -2.49. The first kappa shape index (κ1) is 13.4. The summed E-state index contributed by atoms with van der Waals surface area (Å²) in [4.78, 5) is 24.4. The predicted molar refractivity (Wildman–Crippen MR) is 78.0 cm³/mol. The molecular formula is C14H17N5O2. The van der Waals surface area contributed by atoms with Gasteiger partial charge in [-0.25, -0.2) is 9.97 Å². The van der Waals surface area contributed by atoms with Crippen molar-refractivity contribution in [2.45, 2.75) is 6.92 Å². The maximum absolute atomic E-state index is 12.3. The molecule has 0 aromatic carbocycles. The SMILES string of the molecule is Cc1ncoc1C(=O)N1CCN(c2ncccc2N)CC1. The zero-order valence-corrected chi connectivity index (χ0v) is 11.8. The molecule has 2 aromatic rings. The van der Waals surface area contributed by atoms with E-state index in [0.29, 0.717) is 43.3 Å². The zero-order chi connectivity index (χ0) is 14.8. The van der Waals surface area contributed by atoms with E-state index in [1.165, 1.54) is 6.39 Å². The number of hydrogen-bond acceptors (Lipinski definition) is 6. The van der Waals surface area contributed by atoms with Crippen LogP contribution in [0.2, 0.25) is 0 Å². The fourth-order valence-corrected chi connectivity index (χ4v) is 2.45. The van der Waals surface area contributed by atoms with E-state index in [2.05, 4.69) is 14.9 Å². The van der Waals surface area contributed by atoms with Gasteiger partial charge in [-0.05, 0) is 19.1 Å². The van der Waals surface area contributed by atoms with Crippen LogP contribution in [0.25, 0.3) is 0 Å². The molecule has 1 saturated heterocycles. The minimum Gasteiger partial charge on any atom is -0.438 e. The van der Waals surface area contributed by atoms with E-state index in [4.69, 9.17) is 10.2 Å². The average molecular weight is 287 g/mol. The second kappa shape index (κ2) is 5.43. The minimum atomic E-state index is -0.112. The zero-order valence-electron chi connectivity index (χ0n) is 11.8. The summed E-state index contributed by atoms with van der Waals surface area (Å²) in [6.07, 6.45) is 3.02. The fraction of sp³-hybridized carbons (Fsp3) is 0.357. The second-order valence-corrected chi connectivity index (χ2v) is 4.96. The molecule has 2 N–H and O–H groups in total. The molecule has 3 rings (SSSR count). The Bertz CT molecular complexity index is 646. The van der Waals surface area contributed by atoms with Gasteiger partial charge in [-0.1, -0.05) is 0 Å². The van der Waals surface area contributed by atoms with Crippen molar-refractivity contribution in [3.8, 4) is 0 Å². The van der Waals surface area contributed by atoms with Crippen LogP contribution in [-0.2, 0) is 0 Å². The molecule has 2 aromatic heterocycles. The Hall–Kier alpha value is -2.57. The molecule has 0 aliphatic carbocycles. The summed E-state index contributed by atoms with van der Waals surface area (Å²) in [5.41, 5.74) is 7.21. The van der Waals surface area contributed by atoms with Crippen LogP contribution >= 0.6 is 0 Å². The molecule has 21 heavy (non-hydrogen) atoms. The standard InChI is InChI=1S/C14H17N5O2/c1-10-12(21-9-17-10)14(20)19-7-5-18(6-8-19)13-11(15)3-2-4-16-13/h2-4,9H,5-8,15H2,1H3. The molecule has 1 aliphatic rings. The van der Waals surface area contributed by atoms with E-state index >= 15 is 0 Å². The van der Waals surface area contributed by atoms with Crippen molar-refractivity contribution >= 4 is 17.4 Å². The molecule has 0 spiro atoms. The van der Waals surface area contributed by atoms with Crippen LogP contribution in [0.4, 0.5) is 11.5 Å². The largest absolute Gasteiger partial charge is 0.438 e. The number of carbonyl (C=O) groups excluding carboxylic acids is 1. The number of nitrogens with zero attached hydrogens (tertiary/aromatic N) is 4. The van der Waals surface area contributed by atoms with Crippen LogP contribution in [-0.4, -0.2) is 47.0 Å².